The van der Waals surface area contributed by atoms with Crippen LogP contribution in [0.1, 0.15) is 25.7 Å². The summed E-state index contributed by atoms with van der Waals surface area (Å²) in [5, 5.41) is 6.69. The van der Waals surface area contributed by atoms with Gasteiger partial charge in [-0.25, -0.2) is 4.98 Å². The number of aromatic nitrogens is 1. The van der Waals surface area contributed by atoms with Crippen LogP contribution in [-0.2, 0) is 0 Å². The number of rotatable bonds is 5. The van der Waals surface area contributed by atoms with Gasteiger partial charge in [-0.15, -0.1) is 11.3 Å². The Labute approximate surface area is 126 Å². The summed E-state index contributed by atoms with van der Waals surface area (Å²) in [5.41, 5.74) is 0.540. The van der Waals surface area contributed by atoms with Crippen molar-refractivity contribution in [2.45, 2.75) is 25.7 Å². The van der Waals surface area contributed by atoms with Crippen LogP contribution in [0.4, 0.5) is 5.13 Å². The normalized spacial score (nSPS) is 23.4. The first-order valence-corrected chi connectivity index (χ1v) is 8.71. The Morgan fingerprint density at radius 3 is 2.60 bits per heavy atom. The quantitative estimate of drug-likeness (QED) is 0.900. The van der Waals surface area contributed by atoms with E-state index < -0.39 is 0 Å². The highest BCUT2D eigenvalue weighted by molar-refractivity contribution is 7.13. The molecular formula is C15H26N4S. The molecule has 0 radical (unpaired) electrons. The Kier molecular flexibility index (Phi) is 4.58. The highest BCUT2D eigenvalue weighted by Gasteiger charge is 2.35. The lowest BCUT2D eigenvalue weighted by Gasteiger charge is -2.40. The standard InChI is InChI=1S/C15H26N4S/c1-16-12-15(4-2-3-5-15)13-18-7-9-19(10-8-18)14-17-6-11-20-14/h6,11,16H,2-5,7-10,12-13H2,1H3. The van der Waals surface area contributed by atoms with Crippen molar-refractivity contribution in [3.05, 3.63) is 11.6 Å². The van der Waals surface area contributed by atoms with Crippen LogP contribution < -0.4 is 10.2 Å². The van der Waals surface area contributed by atoms with E-state index in [2.05, 4.69) is 32.5 Å². The minimum absolute atomic E-state index is 0.540. The first kappa shape index (κ1) is 14.3. The minimum atomic E-state index is 0.540. The first-order valence-electron chi connectivity index (χ1n) is 7.83. The third-order valence-electron chi connectivity index (χ3n) is 4.84. The fourth-order valence-electron chi connectivity index (χ4n) is 3.83. The van der Waals surface area contributed by atoms with Crippen LogP contribution in [0.3, 0.4) is 0 Å². The Bertz CT molecular complexity index is 392. The molecule has 0 bridgehead atoms. The molecule has 0 atom stereocenters. The van der Waals surface area contributed by atoms with E-state index in [1.54, 1.807) is 11.3 Å². The van der Waals surface area contributed by atoms with Gasteiger partial charge in [-0.2, -0.15) is 0 Å². The summed E-state index contributed by atoms with van der Waals surface area (Å²) in [5.74, 6) is 0. The van der Waals surface area contributed by atoms with E-state index in [0.717, 1.165) is 13.1 Å². The van der Waals surface area contributed by atoms with Gasteiger partial charge < -0.3 is 10.2 Å². The van der Waals surface area contributed by atoms with Gasteiger partial charge in [0.15, 0.2) is 5.13 Å². The molecule has 1 saturated carbocycles. The zero-order valence-electron chi connectivity index (χ0n) is 12.5. The van der Waals surface area contributed by atoms with E-state index >= 15 is 0 Å². The second-order valence-electron chi connectivity index (χ2n) is 6.32. The predicted octanol–water partition coefficient (Wildman–Crippen LogP) is 2.04. The molecule has 1 aliphatic heterocycles. The van der Waals surface area contributed by atoms with Gasteiger partial charge >= 0.3 is 0 Å². The van der Waals surface area contributed by atoms with Crippen LogP contribution >= 0.6 is 11.3 Å². The van der Waals surface area contributed by atoms with Crippen LogP contribution in [0.5, 0.6) is 0 Å². The van der Waals surface area contributed by atoms with Crippen molar-refractivity contribution in [3.8, 4) is 0 Å². The molecule has 1 aromatic rings. The second-order valence-corrected chi connectivity index (χ2v) is 7.19. The van der Waals surface area contributed by atoms with Gasteiger partial charge in [0.1, 0.15) is 0 Å². The zero-order valence-corrected chi connectivity index (χ0v) is 13.3. The number of anilines is 1. The molecule has 1 saturated heterocycles. The lowest BCUT2D eigenvalue weighted by atomic mass is 9.85. The molecule has 0 aromatic carbocycles. The van der Waals surface area contributed by atoms with Crippen molar-refractivity contribution in [2.75, 3.05) is 51.2 Å². The number of hydrogen-bond acceptors (Lipinski definition) is 5. The summed E-state index contributed by atoms with van der Waals surface area (Å²) in [4.78, 5) is 9.53. The smallest absolute Gasteiger partial charge is 0.185 e. The van der Waals surface area contributed by atoms with Crippen molar-refractivity contribution in [1.29, 1.82) is 0 Å². The molecule has 5 heteroatoms. The van der Waals surface area contributed by atoms with E-state index in [0.29, 0.717) is 5.41 Å². The third kappa shape index (κ3) is 3.15. The van der Waals surface area contributed by atoms with Gasteiger partial charge in [-0.1, -0.05) is 12.8 Å². The molecule has 2 fully saturated rings. The van der Waals surface area contributed by atoms with Gasteiger partial charge in [-0.05, 0) is 25.3 Å². The van der Waals surface area contributed by atoms with Crippen molar-refractivity contribution in [2.24, 2.45) is 5.41 Å². The highest BCUT2D eigenvalue weighted by atomic mass is 32.1. The molecule has 4 nitrogen and oxygen atoms in total. The van der Waals surface area contributed by atoms with Gasteiger partial charge in [-0.3, -0.25) is 4.90 Å². The molecular weight excluding hydrogens is 268 g/mol. The van der Waals surface area contributed by atoms with Gasteiger partial charge in [0.25, 0.3) is 0 Å². The van der Waals surface area contributed by atoms with Crippen LogP contribution in [0.25, 0.3) is 0 Å². The van der Waals surface area contributed by atoms with Crippen molar-refractivity contribution >= 4 is 16.5 Å². The Hall–Kier alpha value is -0.650. The van der Waals surface area contributed by atoms with E-state index in [1.165, 1.54) is 57.0 Å². The topological polar surface area (TPSA) is 31.4 Å². The highest BCUT2D eigenvalue weighted by Crippen LogP contribution is 2.38. The summed E-state index contributed by atoms with van der Waals surface area (Å²) in [6.07, 6.45) is 7.55. The first-order chi connectivity index (χ1) is 9.81. The molecule has 0 unspecified atom stereocenters. The van der Waals surface area contributed by atoms with Crippen molar-refractivity contribution < 1.29 is 0 Å². The maximum absolute atomic E-state index is 4.43. The molecule has 2 aliphatic rings. The summed E-state index contributed by atoms with van der Waals surface area (Å²) in [6.45, 7) is 7.08. The lowest BCUT2D eigenvalue weighted by molar-refractivity contribution is 0.144. The lowest BCUT2D eigenvalue weighted by Crippen LogP contribution is -2.51. The van der Waals surface area contributed by atoms with Crippen LogP contribution in [-0.4, -0.2) is 56.2 Å². The van der Waals surface area contributed by atoms with Crippen molar-refractivity contribution in [3.63, 3.8) is 0 Å². The summed E-state index contributed by atoms with van der Waals surface area (Å²) >= 11 is 1.76. The van der Waals surface area contributed by atoms with Crippen LogP contribution in [0.2, 0.25) is 0 Å². The molecule has 20 heavy (non-hydrogen) atoms. The number of thiazole rings is 1. The zero-order chi connectivity index (χ0) is 13.8. The maximum atomic E-state index is 4.43. The van der Waals surface area contributed by atoms with Gasteiger partial charge in [0.2, 0.25) is 0 Å². The second kappa shape index (κ2) is 6.41. The Morgan fingerprint density at radius 1 is 1.25 bits per heavy atom. The predicted molar refractivity (Wildman–Crippen MR) is 85.6 cm³/mol. The van der Waals surface area contributed by atoms with E-state index in [4.69, 9.17) is 0 Å². The fourth-order valence-corrected chi connectivity index (χ4v) is 4.53. The molecule has 112 valence electrons. The summed E-state index contributed by atoms with van der Waals surface area (Å²) in [6, 6.07) is 0. The van der Waals surface area contributed by atoms with E-state index in [9.17, 15) is 0 Å². The molecule has 0 spiro atoms. The molecule has 0 amide bonds. The van der Waals surface area contributed by atoms with E-state index in [-0.39, 0.29) is 0 Å². The molecule has 1 aromatic heterocycles. The molecule has 1 aliphatic carbocycles. The third-order valence-corrected chi connectivity index (χ3v) is 5.67. The molecule has 3 rings (SSSR count). The Morgan fingerprint density at radius 2 is 2.00 bits per heavy atom. The van der Waals surface area contributed by atoms with E-state index in [1.807, 2.05) is 6.20 Å². The Balaban J connectivity index is 1.53. The minimum Gasteiger partial charge on any atom is -0.346 e. The summed E-state index contributed by atoms with van der Waals surface area (Å²) in [7, 11) is 2.10. The number of nitrogens with zero attached hydrogens (tertiary/aromatic N) is 3. The monoisotopic (exact) mass is 294 g/mol. The van der Waals surface area contributed by atoms with Gasteiger partial charge in [0, 0.05) is 50.8 Å². The maximum Gasteiger partial charge on any atom is 0.185 e. The number of nitrogens with one attached hydrogen (secondary N) is 1. The van der Waals surface area contributed by atoms with Crippen LogP contribution in [0, 0.1) is 5.41 Å². The number of piperazine rings is 1. The van der Waals surface area contributed by atoms with Gasteiger partial charge in [0.05, 0.1) is 0 Å². The fraction of sp³-hybridized carbons (Fsp3) is 0.800. The molecule has 1 N–H and O–H groups in total. The van der Waals surface area contributed by atoms with Crippen molar-refractivity contribution in [1.82, 2.24) is 15.2 Å². The van der Waals surface area contributed by atoms with Crippen LogP contribution in [0.15, 0.2) is 11.6 Å². The molecule has 2 heterocycles. The summed E-state index contributed by atoms with van der Waals surface area (Å²) < 4.78 is 0. The SMILES string of the molecule is CNCC1(CN2CCN(c3nccs3)CC2)CCCC1. The largest absolute Gasteiger partial charge is 0.346 e. The average molecular weight is 294 g/mol. The number of hydrogen-bond donors (Lipinski definition) is 1. The average Bonchev–Trinajstić information content (AvgIpc) is 3.12.